The Morgan fingerprint density at radius 3 is 2.96 bits per heavy atom. The topological polar surface area (TPSA) is 125 Å². The monoisotopic (exact) mass is 407 g/mol. The van der Waals surface area contributed by atoms with Crippen molar-refractivity contribution in [3.8, 4) is 11.4 Å². The van der Waals surface area contributed by atoms with Crippen LogP contribution in [0.1, 0.15) is 25.7 Å². The fraction of sp³-hybridized carbons (Fsp3) is 0.444. The third-order valence-corrected chi connectivity index (χ3v) is 5.07. The Balaban J connectivity index is 1.57. The van der Waals surface area contributed by atoms with E-state index in [1.165, 1.54) is 0 Å². The maximum Gasteiger partial charge on any atom is 0.307 e. The van der Waals surface area contributed by atoms with E-state index >= 15 is 0 Å². The molecule has 1 aromatic heterocycles. The molecule has 1 fully saturated rings. The number of esters is 1. The van der Waals surface area contributed by atoms with Gasteiger partial charge >= 0.3 is 5.97 Å². The number of hydrogen-bond acceptors (Lipinski definition) is 8. The van der Waals surface area contributed by atoms with Crippen LogP contribution in [0.4, 0.5) is 0 Å². The second-order valence-corrected chi connectivity index (χ2v) is 7.26. The largest absolute Gasteiger partial charge is 0.456 e. The lowest BCUT2D eigenvalue weighted by Gasteiger charge is -2.16. The number of benzene rings is 1. The van der Waals surface area contributed by atoms with Crippen LogP contribution in [0.5, 0.6) is 0 Å². The molecule has 0 bridgehead atoms. The molecule has 1 aliphatic rings. The third-order valence-electron chi connectivity index (χ3n) is 4.84. The second-order valence-electron chi connectivity index (χ2n) is 6.82. The van der Waals surface area contributed by atoms with Crippen molar-refractivity contribution in [2.75, 3.05) is 6.54 Å². The summed E-state index contributed by atoms with van der Waals surface area (Å²) >= 11 is 5.93. The summed E-state index contributed by atoms with van der Waals surface area (Å²) in [7, 11) is 0. The SMILES string of the molecule is C[C@@H]1CC(=O)[C@H](CC(=O)OCc2nc(-c3cccc(Cl)c3)no2)[C@@H]1C[N+](=O)[O-]. The van der Waals surface area contributed by atoms with Gasteiger partial charge in [-0.3, -0.25) is 19.7 Å². The van der Waals surface area contributed by atoms with E-state index in [0.29, 0.717) is 16.4 Å². The van der Waals surface area contributed by atoms with Crippen LogP contribution in [0.25, 0.3) is 11.4 Å². The number of nitro groups is 1. The van der Waals surface area contributed by atoms with Gasteiger partial charge < -0.3 is 9.26 Å². The third kappa shape index (κ3) is 4.72. The van der Waals surface area contributed by atoms with Gasteiger partial charge in [-0.15, -0.1) is 0 Å². The van der Waals surface area contributed by atoms with E-state index in [1.54, 1.807) is 31.2 Å². The van der Waals surface area contributed by atoms with Crippen LogP contribution in [0, 0.1) is 27.9 Å². The Morgan fingerprint density at radius 1 is 1.46 bits per heavy atom. The number of aromatic nitrogens is 2. The van der Waals surface area contributed by atoms with Crippen molar-refractivity contribution in [3.63, 3.8) is 0 Å². The highest BCUT2D eigenvalue weighted by Crippen LogP contribution is 2.36. The van der Waals surface area contributed by atoms with Gasteiger partial charge in [0.2, 0.25) is 12.4 Å². The molecule has 1 aromatic carbocycles. The fourth-order valence-electron chi connectivity index (χ4n) is 3.44. The van der Waals surface area contributed by atoms with E-state index < -0.39 is 22.7 Å². The van der Waals surface area contributed by atoms with Crippen LogP contribution in [0.3, 0.4) is 0 Å². The maximum absolute atomic E-state index is 12.1. The molecule has 1 heterocycles. The smallest absolute Gasteiger partial charge is 0.307 e. The zero-order chi connectivity index (χ0) is 20.3. The number of ether oxygens (including phenoxy) is 1. The van der Waals surface area contributed by atoms with Crippen LogP contribution >= 0.6 is 11.6 Å². The molecule has 0 aliphatic heterocycles. The van der Waals surface area contributed by atoms with E-state index in [0.717, 1.165) is 0 Å². The van der Waals surface area contributed by atoms with Crippen molar-refractivity contribution in [3.05, 3.63) is 45.3 Å². The first-order chi connectivity index (χ1) is 13.3. The molecular weight excluding hydrogens is 390 g/mol. The molecule has 3 rings (SSSR count). The van der Waals surface area contributed by atoms with Crippen molar-refractivity contribution < 1.29 is 23.8 Å². The quantitative estimate of drug-likeness (QED) is 0.389. The summed E-state index contributed by atoms with van der Waals surface area (Å²) in [6.45, 7) is 1.20. The zero-order valence-electron chi connectivity index (χ0n) is 15.0. The van der Waals surface area contributed by atoms with Gasteiger partial charge in [-0.05, 0) is 18.1 Å². The fourth-order valence-corrected chi connectivity index (χ4v) is 3.63. The average molecular weight is 408 g/mol. The summed E-state index contributed by atoms with van der Waals surface area (Å²) in [4.78, 5) is 38.7. The van der Waals surface area contributed by atoms with Gasteiger partial charge in [-0.2, -0.15) is 4.98 Å². The van der Waals surface area contributed by atoms with Crippen molar-refractivity contribution in [2.24, 2.45) is 17.8 Å². The molecule has 0 unspecified atom stereocenters. The summed E-state index contributed by atoms with van der Waals surface area (Å²) in [5.74, 6) is -1.67. The highest BCUT2D eigenvalue weighted by atomic mass is 35.5. The molecule has 9 nitrogen and oxygen atoms in total. The Kier molecular flexibility index (Phi) is 6.03. The summed E-state index contributed by atoms with van der Waals surface area (Å²) in [5, 5.41) is 15.2. The van der Waals surface area contributed by atoms with Crippen molar-refractivity contribution in [1.82, 2.24) is 10.1 Å². The molecule has 0 spiro atoms. The minimum absolute atomic E-state index is 0.0938. The van der Waals surface area contributed by atoms with Crippen molar-refractivity contribution in [1.29, 1.82) is 0 Å². The molecule has 0 N–H and O–H groups in total. The molecule has 0 amide bonds. The number of carbonyl (C=O) groups is 2. The molecule has 0 radical (unpaired) electrons. The van der Waals surface area contributed by atoms with Crippen molar-refractivity contribution >= 4 is 23.4 Å². The van der Waals surface area contributed by atoms with E-state index in [4.69, 9.17) is 20.9 Å². The Morgan fingerprint density at radius 2 is 2.25 bits per heavy atom. The predicted molar refractivity (Wildman–Crippen MR) is 96.8 cm³/mol. The van der Waals surface area contributed by atoms with Gasteiger partial charge in [0.15, 0.2) is 6.61 Å². The van der Waals surface area contributed by atoms with E-state index in [1.807, 2.05) is 0 Å². The Bertz CT molecular complexity index is 899. The number of ketones is 1. The van der Waals surface area contributed by atoms with Crippen LogP contribution in [-0.2, 0) is 20.9 Å². The van der Waals surface area contributed by atoms with Crippen molar-refractivity contribution in [2.45, 2.75) is 26.4 Å². The Hall–Kier alpha value is -2.81. The minimum Gasteiger partial charge on any atom is -0.456 e. The van der Waals surface area contributed by atoms with Crippen LogP contribution in [0.2, 0.25) is 5.02 Å². The molecule has 3 atom stereocenters. The number of halogens is 1. The van der Waals surface area contributed by atoms with E-state index in [9.17, 15) is 19.7 Å². The summed E-state index contributed by atoms with van der Waals surface area (Å²) in [6.07, 6.45) is 0.0417. The van der Waals surface area contributed by atoms with Gasteiger partial charge in [-0.1, -0.05) is 35.8 Å². The number of carbonyl (C=O) groups excluding carboxylic acids is 2. The molecule has 28 heavy (non-hydrogen) atoms. The first-order valence-corrected chi connectivity index (χ1v) is 9.10. The molecule has 1 saturated carbocycles. The van der Waals surface area contributed by atoms with Gasteiger partial charge in [0, 0.05) is 33.8 Å². The van der Waals surface area contributed by atoms with Gasteiger partial charge in [0.25, 0.3) is 5.89 Å². The van der Waals surface area contributed by atoms with Crippen LogP contribution in [-0.4, -0.2) is 33.4 Å². The lowest BCUT2D eigenvalue weighted by Crippen LogP contribution is -2.27. The number of hydrogen-bond donors (Lipinski definition) is 0. The maximum atomic E-state index is 12.1. The van der Waals surface area contributed by atoms with Crippen LogP contribution < -0.4 is 0 Å². The highest BCUT2D eigenvalue weighted by Gasteiger charge is 2.44. The highest BCUT2D eigenvalue weighted by molar-refractivity contribution is 6.30. The summed E-state index contributed by atoms with van der Waals surface area (Å²) in [5.41, 5.74) is 0.655. The molecule has 1 aliphatic carbocycles. The van der Waals surface area contributed by atoms with Gasteiger partial charge in [-0.25, -0.2) is 0 Å². The molecule has 10 heteroatoms. The number of Topliss-reactive ketones (excluding diaryl/α,β-unsaturated/α-hetero) is 1. The summed E-state index contributed by atoms with van der Waals surface area (Å²) < 4.78 is 10.2. The standard InChI is InChI=1S/C18H18ClN3O6/c1-10-5-15(23)13(14(10)8-22(25)26)7-17(24)27-9-16-20-18(21-28-16)11-3-2-4-12(19)6-11/h2-4,6,10,13-14H,5,7-9H2,1H3/t10-,13-,14-/m1/s1. The van der Waals surface area contributed by atoms with Crippen LogP contribution in [0.15, 0.2) is 28.8 Å². The normalized spacial score (nSPS) is 21.6. The zero-order valence-corrected chi connectivity index (χ0v) is 15.8. The Labute approximate surface area is 165 Å². The molecular formula is C18H18ClN3O6. The minimum atomic E-state index is -0.697. The van der Waals surface area contributed by atoms with E-state index in [2.05, 4.69) is 10.1 Å². The molecule has 0 saturated heterocycles. The molecule has 2 aromatic rings. The first kappa shape index (κ1) is 19.9. The number of nitrogens with zero attached hydrogens (tertiary/aromatic N) is 3. The first-order valence-electron chi connectivity index (χ1n) is 8.72. The lowest BCUT2D eigenvalue weighted by molar-refractivity contribution is -0.490. The summed E-state index contributed by atoms with van der Waals surface area (Å²) in [6, 6.07) is 6.89. The van der Waals surface area contributed by atoms with Gasteiger partial charge in [0.1, 0.15) is 5.78 Å². The average Bonchev–Trinajstić information content (AvgIpc) is 3.20. The number of rotatable bonds is 7. The predicted octanol–water partition coefficient (Wildman–Crippen LogP) is 2.94. The lowest BCUT2D eigenvalue weighted by atomic mass is 9.88. The van der Waals surface area contributed by atoms with E-state index in [-0.39, 0.29) is 43.6 Å². The molecule has 148 valence electrons. The van der Waals surface area contributed by atoms with Gasteiger partial charge in [0.05, 0.1) is 6.42 Å². The second kappa shape index (κ2) is 8.47.